The summed E-state index contributed by atoms with van der Waals surface area (Å²) in [6.45, 7) is 8.25. The van der Waals surface area contributed by atoms with Crippen molar-refractivity contribution in [1.82, 2.24) is 4.90 Å². The molecule has 0 rings (SSSR count). The maximum atomic E-state index is 11.7. The fraction of sp³-hybridized carbons (Fsp3) is 0.500. The third-order valence-electron chi connectivity index (χ3n) is 2.12. The van der Waals surface area contributed by atoms with E-state index < -0.39 is 0 Å². The van der Waals surface area contributed by atoms with E-state index >= 15 is 0 Å². The second kappa shape index (κ2) is 8.71. The van der Waals surface area contributed by atoms with Crippen LogP contribution in [0.5, 0.6) is 0 Å². The number of hydrogen-bond acceptors (Lipinski definition) is 2. The van der Waals surface area contributed by atoms with Crippen molar-refractivity contribution < 1.29 is 9.59 Å². The number of rotatable bonds is 9. The van der Waals surface area contributed by atoms with Gasteiger partial charge in [-0.15, -0.1) is 13.2 Å². The van der Waals surface area contributed by atoms with Crippen molar-refractivity contribution in [2.45, 2.75) is 25.7 Å². The molecule has 0 fully saturated rings. The molecule has 0 aliphatic heterocycles. The molecule has 0 spiro atoms. The molecule has 0 bridgehead atoms. The Hall–Kier alpha value is -1.58. The zero-order valence-corrected chi connectivity index (χ0v) is 9.65. The summed E-state index contributed by atoms with van der Waals surface area (Å²) in [6.07, 6.45) is 5.50. The van der Waals surface area contributed by atoms with Crippen LogP contribution >= 0.6 is 0 Å². The van der Waals surface area contributed by atoms with Crippen molar-refractivity contribution in [2.75, 3.05) is 13.1 Å². The van der Waals surface area contributed by atoms with E-state index in [0.717, 1.165) is 0 Å². The molecule has 4 nitrogen and oxygen atoms in total. The largest absolute Gasteiger partial charge is 0.370 e. The molecule has 0 aromatic rings. The number of hydrogen-bond donors (Lipinski definition) is 1. The number of primary amides is 1. The summed E-state index contributed by atoms with van der Waals surface area (Å²) in [7, 11) is 0. The van der Waals surface area contributed by atoms with Gasteiger partial charge in [0.2, 0.25) is 11.8 Å². The average Bonchev–Trinajstić information content (AvgIpc) is 2.23. The lowest BCUT2D eigenvalue weighted by Crippen LogP contribution is -2.31. The second-order valence-corrected chi connectivity index (χ2v) is 3.55. The molecule has 2 N–H and O–H groups in total. The maximum Gasteiger partial charge on any atom is 0.223 e. The van der Waals surface area contributed by atoms with Gasteiger partial charge < -0.3 is 10.6 Å². The molecule has 0 aromatic carbocycles. The van der Waals surface area contributed by atoms with Gasteiger partial charge in [0.05, 0.1) is 0 Å². The lowest BCUT2D eigenvalue weighted by molar-refractivity contribution is -0.130. The van der Waals surface area contributed by atoms with Crippen LogP contribution in [-0.2, 0) is 9.59 Å². The average molecular weight is 224 g/mol. The van der Waals surface area contributed by atoms with E-state index in [-0.39, 0.29) is 11.8 Å². The van der Waals surface area contributed by atoms with Crippen LogP contribution in [0.25, 0.3) is 0 Å². The third-order valence-corrected chi connectivity index (χ3v) is 2.12. The fourth-order valence-corrected chi connectivity index (χ4v) is 1.32. The van der Waals surface area contributed by atoms with Crippen LogP contribution < -0.4 is 5.73 Å². The van der Waals surface area contributed by atoms with Gasteiger partial charge >= 0.3 is 0 Å². The molecule has 0 aromatic heterocycles. The Morgan fingerprint density at radius 3 is 2.00 bits per heavy atom. The van der Waals surface area contributed by atoms with Crippen LogP contribution in [0, 0.1) is 0 Å². The lowest BCUT2D eigenvalue weighted by atomic mass is 10.1. The summed E-state index contributed by atoms with van der Waals surface area (Å²) in [5.41, 5.74) is 5.00. The fourth-order valence-electron chi connectivity index (χ4n) is 1.32. The van der Waals surface area contributed by atoms with Crippen molar-refractivity contribution >= 4 is 11.8 Å². The van der Waals surface area contributed by atoms with Crippen LogP contribution in [0.4, 0.5) is 0 Å². The van der Waals surface area contributed by atoms with Gasteiger partial charge in [0.15, 0.2) is 0 Å². The minimum Gasteiger partial charge on any atom is -0.370 e. The van der Waals surface area contributed by atoms with Crippen LogP contribution in [0.15, 0.2) is 25.3 Å². The van der Waals surface area contributed by atoms with Gasteiger partial charge in [-0.05, 0) is 12.8 Å². The first-order chi connectivity index (χ1) is 7.61. The monoisotopic (exact) mass is 224 g/mol. The summed E-state index contributed by atoms with van der Waals surface area (Å²) in [4.78, 5) is 23.8. The highest BCUT2D eigenvalue weighted by Gasteiger charge is 2.09. The van der Waals surface area contributed by atoms with Gasteiger partial charge in [-0.1, -0.05) is 12.2 Å². The Labute approximate surface area is 96.8 Å². The first kappa shape index (κ1) is 14.4. The topological polar surface area (TPSA) is 63.4 Å². The van der Waals surface area contributed by atoms with Crippen LogP contribution in [0.2, 0.25) is 0 Å². The van der Waals surface area contributed by atoms with E-state index in [0.29, 0.717) is 38.8 Å². The quantitative estimate of drug-likeness (QED) is 0.473. The van der Waals surface area contributed by atoms with Crippen LogP contribution in [-0.4, -0.2) is 29.8 Å². The predicted octanol–water partition coefficient (Wildman–Crippen LogP) is 1.23. The third kappa shape index (κ3) is 6.81. The van der Waals surface area contributed by atoms with E-state index in [1.54, 1.807) is 17.1 Å². The Kier molecular flexibility index (Phi) is 7.85. The Morgan fingerprint density at radius 1 is 1.06 bits per heavy atom. The van der Waals surface area contributed by atoms with E-state index in [4.69, 9.17) is 5.73 Å². The minimum atomic E-state index is -0.318. The normalized spacial score (nSPS) is 9.50. The highest BCUT2D eigenvalue weighted by Crippen LogP contribution is 2.03. The maximum absolute atomic E-state index is 11.7. The van der Waals surface area contributed by atoms with Gasteiger partial charge in [0.25, 0.3) is 0 Å². The Balaban J connectivity index is 3.86. The van der Waals surface area contributed by atoms with Gasteiger partial charge in [0, 0.05) is 25.9 Å². The molecule has 4 heteroatoms. The summed E-state index contributed by atoms with van der Waals surface area (Å²) in [5.74, 6) is -0.259. The summed E-state index contributed by atoms with van der Waals surface area (Å²) in [5, 5.41) is 0. The molecule has 0 saturated carbocycles. The smallest absolute Gasteiger partial charge is 0.223 e. The number of amides is 2. The summed E-state index contributed by atoms with van der Waals surface area (Å²) >= 11 is 0. The van der Waals surface area contributed by atoms with Crippen molar-refractivity contribution in [3.05, 3.63) is 25.3 Å². The zero-order chi connectivity index (χ0) is 12.4. The Morgan fingerprint density at radius 2 is 1.56 bits per heavy atom. The zero-order valence-electron chi connectivity index (χ0n) is 9.65. The molecule has 0 aliphatic carbocycles. The van der Waals surface area contributed by atoms with Crippen molar-refractivity contribution in [3.8, 4) is 0 Å². The molecule has 2 amide bonds. The molecular weight excluding hydrogens is 204 g/mol. The number of carbonyl (C=O) groups is 2. The molecule has 0 radical (unpaired) electrons. The van der Waals surface area contributed by atoms with E-state index in [2.05, 4.69) is 13.2 Å². The molecule has 0 heterocycles. The Bertz CT molecular complexity index is 252. The lowest BCUT2D eigenvalue weighted by Gasteiger charge is -2.18. The second-order valence-electron chi connectivity index (χ2n) is 3.55. The number of nitrogens with two attached hydrogens (primary N) is 1. The molecule has 16 heavy (non-hydrogen) atoms. The molecule has 90 valence electrons. The van der Waals surface area contributed by atoms with Crippen LogP contribution in [0.3, 0.4) is 0 Å². The van der Waals surface area contributed by atoms with Gasteiger partial charge in [-0.25, -0.2) is 0 Å². The highest BCUT2D eigenvalue weighted by atomic mass is 16.2. The summed E-state index contributed by atoms with van der Waals surface area (Å²) in [6, 6.07) is 0. The van der Waals surface area contributed by atoms with E-state index in [1.807, 2.05) is 0 Å². The standard InChI is InChI=1S/C12H20N2O2/c1-3-9-14(10-4-2)12(16)8-6-5-7-11(13)15/h3-4H,1-2,5-10H2,(H2,13,15). The van der Waals surface area contributed by atoms with Crippen molar-refractivity contribution in [1.29, 1.82) is 0 Å². The van der Waals surface area contributed by atoms with E-state index in [9.17, 15) is 9.59 Å². The molecule has 0 atom stereocenters. The molecule has 0 unspecified atom stereocenters. The predicted molar refractivity (Wildman–Crippen MR) is 64.6 cm³/mol. The highest BCUT2D eigenvalue weighted by molar-refractivity contribution is 5.76. The first-order valence-corrected chi connectivity index (χ1v) is 5.39. The SMILES string of the molecule is C=CCN(CC=C)C(=O)CCCCC(N)=O. The first-order valence-electron chi connectivity index (χ1n) is 5.39. The van der Waals surface area contributed by atoms with E-state index in [1.165, 1.54) is 0 Å². The molecule has 0 saturated heterocycles. The van der Waals surface area contributed by atoms with Crippen LogP contribution in [0.1, 0.15) is 25.7 Å². The number of carbonyl (C=O) groups excluding carboxylic acids is 2. The van der Waals surface area contributed by atoms with Crippen molar-refractivity contribution in [2.24, 2.45) is 5.73 Å². The van der Waals surface area contributed by atoms with Gasteiger partial charge in [-0.2, -0.15) is 0 Å². The molecule has 0 aliphatic rings. The van der Waals surface area contributed by atoms with Gasteiger partial charge in [0.1, 0.15) is 0 Å². The number of unbranched alkanes of at least 4 members (excludes halogenated alkanes) is 1. The molecular formula is C12H20N2O2. The number of nitrogens with zero attached hydrogens (tertiary/aromatic N) is 1. The van der Waals surface area contributed by atoms with Gasteiger partial charge in [-0.3, -0.25) is 9.59 Å². The minimum absolute atomic E-state index is 0.0595. The van der Waals surface area contributed by atoms with Crippen molar-refractivity contribution in [3.63, 3.8) is 0 Å². The summed E-state index contributed by atoms with van der Waals surface area (Å²) < 4.78 is 0.